The van der Waals surface area contributed by atoms with Gasteiger partial charge in [-0.15, -0.1) is 0 Å². The molecule has 0 spiro atoms. The van der Waals surface area contributed by atoms with Gasteiger partial charge < -0.3 is 14.8 Å². The van der Waals surface area contributed by atoms with Gasteiger partial charge in [0, 0.05) is 24.9 Å². The highest BCUT2D eigenvalue weighted by Gasteiger charge is 2.18. The molecular formula is C12H16N4O2. The van der Waals surface area contributed by atoms with E-state index < -0.39 is 0 Å². The highest BCUT2D eigenvalue weighted by Crippen LogP contribution is 2.13. The maximum atomic E-state index is 12.0. The first-order valence-corrected chi connectivity index (χ1v) is 5.93. The maximum absolute atomic E-state index is 12.0. The number of aromatic amines is 1. The second-order valence-corrected chi connectivity index (χ2v) is 4.00. The highest BCUT2D eigenvalue weighted by atomic mass is 16.5. The molecule has 1 amide bonds. The minimum absolute atomic E-state index is 0.134. The van der Waals surface area contributed by atoms with Gasteiger partial charge in [-0.1, -0.05) is 12.1 Å². The van der Waals surface area contributed by atoms with Crippen molar-refractivity contribution < 1.29 is 9.32 Å². The van der Waals surface area contributed by atoms with Crippen LogP contribution in [-0.2, 0) is 12.8 Å². The van der Waals surface area contributed by atoms with Crippen LogP contribution in [0.4, 0.5) is 0 Å². The SMILES string of the molecule is CCc1noc(C)c1C(=O)NCCc1cnc[nH]1. The minimum atomic E-state index is -0.134. The largest absolute Gasteiger partial charge is 0.361 e. The molecule has 0 aliphatic carbocycles. The minimum Gasteiger partial charge on any atom is -0.361 e. The Bertz CT molecular complexity index is 516. The molecule has 0 saturated carbocycles. The summed E-state index contributed by atoms with van der Waals surface area (Å²) in [5, 5.41) is 6.71. The van der Waals surface area contributed by atoms with E-state index >= 15 is 0 Å². The highest BCUT2D eigenvalue weighted by molar-refractivity contribution is 5.96. The van der Waals surface area contributed by atoms with E-state index in [1.165, 1.54) is 0 Å². The first-order valence-electron chi connectivity index (χ1n) is 5.93. The third-order valence-corrected chi connectivity index (χ3v) is 2.73. The summed E-state index contributed by atoms with van der Waals surface area (Å²) in [6.07, 6.45) is 4.77. The van der Waals surface area contributed by atoms with Crippen molar-refractivity contribution in [3.8, 4) is 0 Å². The number of carbonyl (C=O) groups excluding carboxylic acids is 1. The molecule has 18 heavy (non-hydrogen) atoms. The van der Waals surface area contributed by atoms with Crippen molar-refractivity contribution in [2.75, 3.05) is 6.54 Å². The van der Waals surface area contributed by atoms with Gasteiger partial charge in [0.1, 0.15) is 11.3 Å². The van der Waals surface area contributed by atoms with Crippen molar-refractivity contribution in [3.05, 3.63) is 35.2 Å². The lowest BCUT2D eigenvalue weighted by atomic mass is 10.1. The summed E-state index contributed by atoms with van der Waals surface area (Å²) in [5.74, 6) is 0.427. The molecule has 2 aromatic heterocycles. The molecule has 0 unspecified atom stereocenters. The van der Waals surface area contributed by atoms with Gasteiger partial charge >= 0.3 is 0 Å². The van der Waals surface area contributed by atoms with Crippen LogP contribution in [0.5, 0.6) is 0 Å². The molecule has 0 fully saturated rings. The van der Waals surface area contributed by atoms with E-state index in [1.807, 2.05) is 6.92 Å². The predicted octanol–water partition coefficient (Wildman–Crippen LogP) is 1.24. The van der Waals surface area contributed by atoms with Gasteiger partial charge in [-0.2, -0.15) is 0 Å². The zero-order chi connectivity index (χ0) is 13.0. The second kappa shape index (κ2) is 5.48. The lowest BCUT2D eigenvalue weighted by Gasteiger charge is -2.03. The Hall–Kier alpha value is -2.11. The molecule has 96 valence electrons. The fourth-order valence-electron chi connectivity index (χ4n) is 1.77. The zero-order valence-electron chi connectivity index (χ0n) is 10.5. The average molecular weight is 248 g/mol. The lowest BCUT2D eigenvalue weighted by Crippen LogP contribution is -2.26. The van der Waals surface area contributed by atoms with Gasteiger partial charge in [0.25, 0.3) is 5.91 Å². The van der Waals surface area contributed by atoms with Crippen LogP contribution in [-0.4, -0.2) is 27.6 Å². The van der Waals surface area contributed by atoms with Crippen LogP contribution >= 0.6 is 0 Å². The quantitative estimate of drug-likeness (QED) is 0.833. The van der Waals surface area contributed by atoms with Gasteiger partial charge in [0.15, 0.2) is 0 Å². The Morgan fingerprint density at radius 3 is 3.06 bits per heavy atom. The molecule has 2 aromatic rings. The monoisotopic (exact) mass is 248 g/mol. The second-order valence-electron chi connectivity index (χ2n) is 4.00. The first kappa shape index (κ1) is 12.3. The number of hydrogen-bond donors (Lipinski definition) is 2. The summed E-state index contributed by atoms with van der Waals surface area (Å²) in [4.78, 5) is 18.9. The molecule has 0 aliphatic rings. The Kier molecular flexibility index (Phi) is 3.76. The van der Waals surface area contributed by atoms with Crippen LogP contribution < -0.4 is 5.32 Å². The van der Waals surface area contributed by atoms with Crippen LogP contribution in [0.15, 0.2) is 17.0 Å². The van der Waals surface area contributed by atoms with Crippen LogP contribution in [0.25, 0.3) is 0 Å². The van der Waals surface area contributed by atoms with E-state index in [9.17, 15) is 4.79 Å². The van der Waals surface area contributed by atoms with E-state index in [4.69, 9.17) is 4.52 Å². The molecule has 0 aromatic carbocycles. The molecule has 2 rings (SSSR count). The standard InChI is InChI=1S/C12H16N4O2/c1-3-10-11(8(2)18-16-10)12(17)14-5-4-9-6-13-7-15-9/h6-7H,3-5H2,1-2H3,(H,13,15)(H,14,17). The molecule has 0 saturated heterocycles. The predicted molar refractivity (Wildman–Crippen MR) is 65.2 cm³/mol. The molecule has 6 nitrogen and oxygen atoms in total. The maximum Gasteiger partial charge on any atom is 0.256 e. The summed E-state index contributed by atoms with van der Waals surface area (Å²) < 4.78 is 5.03. The number of nitrogens with zero attached hydrogens (tertiary/aromatic N) is 2. The molecule has 2 N–H and O–H groups in total. The molecule has 2 heterocycles. The topological polar surface area (TPSA) is 83.8 Å². The van der Waals surface area contributed by atoms with Crippen molar-refractivity contribution in [1.82, 2.24) is 20.4 Å². The van der Waals surface area contributed by atoms with E-state index in [0.29, 0.717) is 30.0 Å². The van der Waals surface area contributed by atoms with Crippen molar-refractivity contribution >= 4 is 5.91 Å². The smallest absolute Gasteiger partial charge is 0.256 e. The summed E-state index contributed by atoms with van der Waals surface area (Å²) in [6.45, 7) is 4.24. The van der Waals surface area contributed by atoms with Gasteiger partial charge in [0.2, 0.25) is 0 Å². The first-order chi connectivity index (χ1) is 8.72. The van der Waals surface area contributed by atoms with Crippen molar-refractivity contribution in [2.45, 2.75) is 26.7 Å². The van der Waals surface area contributed by atoms with Crippen molar-refractivity contribution in [3.63, 3.8) is 0 Å². The number of carbonyl (C=O) groups is 1. The molecule has 0 bridgehead atoms. The van der Waals surface area contributed by atoms with Crippen molar-refractivity contribution in [2.24, 2.45) is 0 Å². The number of imidazole rings is 1. The third-order valence-electron chi connectivity index (χ3n) is 2.73. The Labute approximate surface area is 105 Å². The normalized spacial score (nSPS) is 10.6. The van der Waals surface area contributed by atoms with Gasteiger partial charge in [-0.3, -0.25) is 4.79 Å². The molecule has 0 atom stereocenters. The summed E-state index contributed by atoms with van der Waals surface area (Å²) >= 11 is 0. The molecule has 0 radical (unpaired) electrons. The van der Waals surface area contributed by atoms with E-state index in [2.05, 4.69) is 20.4 Å². The van der Waals surface area contributed by atoms with Crippen LogP contribution in [0.3, 0.4) is 0 Å². The molecule has 0 aliphatic heterocycles. The van der Waals surface area contributed by atoms with Gasteiger partial charge in [-0.25, -0.2) is 4.98 Å². The van der Waals surface area contributed by atoms with E-state index in [1.54, 1.807) is 19.4 Å². The average Bonchev–Trinajstić information content (AvgIpc) is 2.98. The number of rotatable bonds is 5. The van der Waals surface area contributed by atoms with Gasteiger partial charge in [-0.05, 0) is 13.3 Å². The van der Waals surface area contributed by atoms with E-state index in [-0.39, 0.29) is 5.91 Å². The third kappa shape index (κ3) is 2.58. The number of H-pyrrole nitrogens is 1. The Morgan fingerprint density at radius 1 is 1.56 bits per heavy atom. The molecular weight excluding hydrogens is 232 g/mol. The molecule has 6 heteroatoms. The fourth-order valence-corrected chi connectivity index (χ4v) is 1.77. The van der Waals surface area contributed by atoms with E-state index in [0.717, 1.165) is 12.1 Å². The number of aromatic nitrogens is 3. The number of aryl methyl sites for hydroxylation is 2. The lowest BCUT2D eigenvalue weighted by molar-refractivity contribution is 0.0952. The van der Waals surface area contributed by atoms with Crippen LogP contribution in [0.1, 0.15) is 34.4 Å². The van der Waals surface area contributed by atoms with Crippen LogP contribution in [0, 0.1) is 6.92 Å². The number of nitrogens with one attached hydrogen (secondary N) is 2. The Morgan fingerprint density at radius 2 is 2.39 bits per heavy atom. The Balaban J connectivity index is 1.93. The van der Waals surface area contributed by atoms with Gasteiger partial charge in [0.05, 0.1) is 12.0 Å². The zero-order valence-corrected chi connectivity index (χ0v) is 10.5. The number of amides is 1. The fraction of sp³-hybridized carbons (Fsp3) is 0.417. The van der Waals surface area contributed by atoms with Crippen LogP contribution in [0.2, 0.25) is 0 Å². The summed E-state index contributed by atoms with van der Waals surface area (Å²) in [7, 11) is 0. The summed E-state index contributed by atoms with van der Waals surface area (Å²) in [5.41, 5.74) is 2.25. The van der Waals surface area contributed by atoms with Crippen molar-refractivity contribution in [1.29, 1.82) is 0 Å². The number of hydrogen-bond acceptors (Lipinski definition) is 4. The summed E-state index contributed by atoms with van der Waals surface area (Å²) in [6, 6.07) is 0.